The molecular weight excluding hydrogens is 199 g/mol. The van der Waals surface area contributed by atoms with Crippen molar-refractivity contribution in [1.29, 1.82) is 0 Å². The summed E-state index contributed by atoms with van der Waals surface area (Å²) in [6, 6.07) is 0. The van der Waals surface area contributed by atoms with Gasteiger partial charge in [0.05, 0.1) is 6.67 Å². The number of halogens is 2. The molecule has 4 nitrogen and oxygen atoms in total. The van der Waals surface area contributed by atoms with Gasteiger partial charge in [0.2, 0.25) is 0 Å². The Morgan fingerprint density at radius 1 is 1.54 bits per heavy atom. The first kappa shape index (κ1) is 9.98. The highest BCUT2D eigenvalue weighted by Gasteiger charge is 2.00. The van der Waals surface area contributed by atoms with Crippen LogP contribution in [0.4, 0.5) is 4.39 Å². The third kappa shape index (κ3) is 2.42. The van der Waals surface area contributed by atoms with Crippen LogP contribution in [0.15, 0.2) is 15.8 Å². The van der Waals surface area contributed by atoms with Crippen molar-refractivity contribution >= 4 is 11.6 Å². The van der Waals surface area contributed by atoms with Gasteiger partial charge in [0, 0.05) is 12.7 Å². The average molecular weight is 207 g/mol. The molecule has 0 radical (unpaired) electrons. The van der Waals surface area contributed by atoms with E-state index in [1.165, 1.54) is 10.8 Å². The van der Waals surface area contributed by atoms with Gasteiger partial charge in [-0.3, -0.25) is 18.7 Å². The summed E-state index contributed by atoms with van der Waals surface area (Å²) in [6.07, 6.45) is 1.43. The zero-order valence-electron chi connectivity index (χ0n) is 6.72. The van der Waals surface area contributed by atoms with Gasteiger partial charge in [-0.2, -0.15) is 0 Å². The van der Waals surface area contributed by atoms with E-state index in [1.54, 1.807) is 0 Å². The normalized spacial score (nSPS) is 10.3. The fraction of sp³-hybridized carbons (Fsp3) is 0.429. The fourth-order valence-corrected chi connectivity index (χ4v) is 1.04. The summed E-state index contributed by atoms with van der Waals surface area (Å²) < 4.78 is 12.9. The van der Waals surface area contributed by atoms with Gasteiger partial charge < -0.3 is 0 Å². The smallest absolute Gasteiger partial charge is 0.299 e. The lowest BCUT2D eigenvalue weighted by Crippen LogP contribution is -2.29. The standard InChI is InChI=1S/C7H8ClFN2O2/c8-5-4-11(3-1-2-9)7(13)10-6(5)12/h4H,1-3H2,(H,10,12,13). The quantitative estimate of drug-likeness (QED) is 0.785. The first-order valence-electron chi connectivity index (χ1n) is 3.70. The molecule has 0 fully saturated rings. The molecule has 0 spiro atoms. The second-order valence-electron chi connectivity index (χ2n) is 2.47. The van der Waals surface area contributed by atoms with Crippen molar-refractivity contribution in [3.05, 3.63) is 32.1 Å². The minimum Gasteiger partial charge on any atom is -0.299 e. The van der Waals surface area contributed by atoms with E-state index in [9.17, 15) is 14.0 Å². The molecule has 6 heteroatoms. The molecule has 0 saturated heterocycles. The summed E-state index contributed by atoms with van der Waals surface area (Å²) in [6.45, 7) is -0.297. The molecule has 1 rings (SSSR count). The minimum atomic E-state index is -0.622. The van der Waals surface area contributed by atoms with E-state index in [4.69, 9.17) is 11.6 Å². The Morgan fingerprint density at radius 3 is 2.85 bits per heavy atom. The van der Waals surface area contributed by atoms with E-state index in [0.717, 1.165) is 0 Å². The van der Waals surface area contributed by atoms with Gasteiger partial charge >= 0.3 is 5.69 Å². The SMILES string of the molecule is O=c1[nH]c(=O)n(CCCF)cc1Cl. The molecule has 0 bridgehead atoms. The number of aromatic nitrogens is 2. The van der Waals surface area contributed by atoms with Crippen LogP contribution < -0.4 is 11.2 Å². The number of H-pyrrole nitrogens is 1. The molecule has 0 atom stereocenters. The Kier molecular flexibility index (Phi) is 3.25. The number of alkyl halides is 1. The molecule has 0 aromatic carbocycles. The number of rotatable bonds is 3. The first-order chi connectivity index (χ1) is 6.15. The van der Waals surface area contributed by atoms with Gasteiger partial charge in [0.15, 0.2) is 0 Å². The molecule has 1 aromatic rings. The summed E-state index contributed by atoms with van der Waals surface area (Å²) >= 11 is 5.47. The van der Waals surface area contributed by atoms with E-state index >= 15 is 0 Å². The van der Waals surface area contributed by atoms with Gasteiger partial charge in [-0.15, -0.1) is 0 Å². The monoisotopic (exact) mass is 206 g/mol. The maximum Gasteiger partial charge on any atom is 0.328 e. The van der Waals surface area contributed by atoms with Crippen molar-refractivity contribution in [2.75, 3.05) is 6.67 Å². The summed E-state index contributed by atoms with van der Waals surface area (Å²) in [5.41, 5.74) is -1.19. The number of nitrogens with one attached hydrogen (secondary N) is 1. The summed E-state index contributed by atoms with van der Waals surface area (Å²) in [7, 11) is 0. The number of aromatic amines is 1. The molecule has 1 N–H and O–H groups in total. The predicted molar refractivity (Wildman–Crippen MR) is 46.9 cm³/mol. The number of nitrogens with zero attached hydrogens (tertiary/aromatic N) is 1. The number of aryl methyl sites for hydroxylation is 1. The molecular formula is C7H8ClFN2O2. The zero-order chi connectivity index (χ0) is 9.84. The van der Waals surface area contributed by atoms with Crippen LogP contribution in [0, 0.1) is 0 Å². The van der Waals surface area contributed by atoms with Crippen LogP contribution in [-0.2, 0) is 6.54 Å². The third-order valence-electron chi connectivity index (χ3n) is 1.50. The lowest BCUT2D eigenvalue weighted by molar-refractivity contribution is 0.441. The average Bonchev–Trinajstić information content (AvgIpc) is 2.09. The Bertz CT molecular complexity index is 398. The van der Waals surface area contributed by atoms with Crippen molar-refractivity contribution < 1.29 is 4.39 Å². The van der Waals surface area contributed by atoms with Gasteiger partial charge in [-0.05, 0) is 6.42 Å². The highest BCUT2D eigenvalue weighted by atomic mass is 35.5. The first-order valence-corrected chi connectivity index (χ1v) is 4.08. The van der Waals surface area contributed by atoms with Crippen LogP contribution in [0.3, 0.4) is 0 Å². The van der Waals surface area contributed by atoms with Crippen molar-refractivity contribution in [2.45, 2.75) is 13.0 Å². The maximum absolute atomic E-state index is 11.8. The van der Waals surface area contributed by atoms with Crippen molar-refractivity contribution in [2.24, 2.45) is 0 Å². The van der Waals surface area contributed by atoms with Crippen LogP contribution in [0.25, 0.3) is 0 Å². The molecule has 0 aliphatic heterocycles. The Morgan fingerprint density at radius 2 is 2.23 bits per heavy atom. The van der Waals surface area contributed by atoms with Gasteiger partial charge in [-0.1, -0.05) is 11.6 Å². The van der Waals surface area contributed by atoms with E-state index in [-0.39, 0.29) is 18.0 Å². The third-order valence-corrected chi connectivity index (χ3v) is 1.77. The molecule has 0 unspecified atom stereocenters. The largest absolute Gasteiger partial charge is 0.328 e. The van der Waals surface area contributed by atoms with Crippen LogP contribution in [-0.4, -0.2) is 16.2 Å². The van der Waals surface area contributed by atoms with E-state index in [1.807, 2.05) is 4.98 Å². The van der Waals surface area contributed by atoms with Crippen LogP contribution in [0.1, 0.15) is 6.42 Å². The molecule has 1 aromatic heterocycles. The molecule has 0 saturated carbocycles. The topological polar surface area (TPSA) is 54.9 Å². The maximum atomic E-state index is 11.8. The predicted octanol–water partition coefficient (Wildman–Crippen LogP) is 0.550. The summed E-state index contributed by atoms with van der Waals surface area (Å²) in [5.74, 6) is 0. The second-order valence-corrected chi connectivity index (χ2v) is 2.88. The summed E-state index contributed by atoms with van der Waals surface area (Å²) in [4.78, 5) is 23.8. The number of hydrogen-bond donors (Lipinski definition) is 1. The molecule has 0 aliphatic carbocycles. The zero-order valence-corrected chi connectivity index (χ0v) is 7.47. The van der Waals surface area contributed by atoms with E-state index < -0.39 is 17.9 Å². The minimum absolute atomic E-state index is 0.0709. The molecule has 1 heterocycles. The van der Waals surface area contributed by atoms with Gasteiger partial charge in [-0.25, -0.2) is 4.79 Å². The van der Waals surface area contributed by atoms with Crippen molar-refractivity contribution in [3.8, 4) is 0 Å². The highest BCUT2D eigenvalue weighted by molar-refractivity contribution is 6.30. The van der Waals surface area contributed by atoms with Crippen molar-refractivity contribution in [1.82, 2.24) is 9.55 Å². The van der Waals surface area contributed by atoms with E-state index in [2.05, 4.69) is 0 Å². The van der Waals surface area contributed by atoms with E-state index in [0.29, 0.717) is 0 Å². The van der Waals surface area contributed by atoms with Crippen LogP contribution in [0.2, 0.25) is 5.02 Å². The molecule has 0 aliphatic rings. The second kappa shape index (κ2) is 4.23. The number of hydrogen-bond acceptors (Lipinski definition) is 2. The van der Waals surface area contributed by atoms with Crippen LogP contribution in [0.5, 0.6) is 0 Å². The van der Waals surface area contributed by atoms with Crippen molar-refractivity contribution in [3.63, 3.8) is 0 Å². The Balaban J connectivity index is 3.02. The molecule has 72 valence electrons. The lowest BCUT2D eigenvalue weighted by Gasteiger charge is -2.01. The Hall–Kier alpha value is -1.10. The fourth-order valence-electron chi connectivity index (χ4n) is 0.879. The lowest BCUT2D eigenvalue weighted by atomic mass is 10.4. The van der Waals surface area contributed by atoms with Gasteiger partial charge in [0.1, 0.15) is 5.02 Å². The van der Waals surface area contributed by atoms with Crippen LogP contribution >= 0.6 is 11.6 Å². The Labute approximate surface area is 78.0 Å². The summed E-state index contributed by atoms with van der Waals surface area (Å²) in [5, 5.41) is -0.0709. The van der Waals surface area contributed by atoms with Gasteiger partial charge in [0.25, 0.3) is 5.56 Å². The molecule has 0 amide bonds. The molecule has 13 heavy (non-hydrogen) atoms. The highest BCUT2D eigenvalue weighted by Crippen LogP contribution is 1.96.